The van der Waals surface area contributed by atoms with Crippen LogP contribution in [0.15, 0.2) is 12.4 Å². The molecule has 1 atom stereocenters. The summed E-state index contributed by atoms with van der Waals surface area (Å²) < 4.78 is 6.61. The molecule has 0 radical (unpaired) electrons. The van der Waals surface area contributed by atoms with E-state index in [0.29, 0.717) is 19.6 Å². The predicted molar refractivity (Wildman–Crippen MR) is 62.6 cm³/mol. The Bertz CT molecular complexity index is 378. The first-order chi connectivity index (χ1) is 7.98. The van der Waals surface area contributed by atoms with Crippen LogP contribution in [0.4, 0.5) is 0 Å². The van der Waals surface area contributed by atoms with Gasteiger partial charge in [0.15, 0.2) is 0 Å². The fraction of sp³-hybridized carbons (Fsp3) is 0.636. The van der Waals surface area contributed by atoms with Crippen molar-refractivity contribution in [1.29, 1.82) is 0 Å². The number of nitrogens with one attached hydrogen (secondary N) is 1. The Kier molecular flexibility index (Phi) is 4.65. The Morgan fingerprint density at radius 2 is 2.41 bits per heavy atom. The maximum Gasteiger partial charge on any atom is 0.323 e. The summed E-state index contributed by atoms with van der Waals surface area (Å²) in [5, 5.41) is 16.3. The number of methoxy groups -OCH3 is 1. The van der Waals surface area contributed by atoms with Crippen molar-refractivity contribution in [3.05, 3.63) is 18.0 Å². The highest BCUT2D eigenvalue weighted by Crippen LogP contribution is 2.11. The smallest absolute Gasteiger partial charge is 0.323 e. The fourth-order valence-electron chi connectivity index (χ4n) is 1.44. The molecule has 1 rings (SSSR count). The van der Waals surface area contributed by atoms with Gasteiger partial charge in [-0.25, -0.2) is 0 Å². The van der Waals surface area contributed by atoms with E-state index in [1.54, 1.807) is 24.9 Å². The topological polar surface area (TPSA) is 76.4 Å². The van der Waals surface area contributed by atoms with Crippen molar-refractivity contribution in [3.8, 4) is 0 Å². The number of rotatable bonds is 7. The maximum absolute atomic E-state index is 11.2. The van der Waals surface area contributed by atoms with Crippen LogP contribution in [0, 0.1) is 0 Å². The number of aliphatic carboxylic acids is 1. The minimum Gasteiger partial charge on any atom is -0.480 e. The Morgan fingerprint density at radius 1 is 1.71 bits per heavy atom. The standard InChI is InChI=1S/C11H19N3O3/c1-11(10(15)16,4-5-17-3)12-6-9-7-13-14(2)8-9/h7-8,12H,4-6H2,1-3H3,(H,15,16). The first kappa shape index (κ1) is 13.7. The lowest BCUT2D eigenvalue weighted by molar-refractivity contribution is -0.145. The van der Waals surface area contributed by atoms with Crippen LogP contribution in [0.5, 0.6) is 0 Å². The molecule has 0 amide bonds. The average Bonchev–Trinajstić information content (AvgIpc) is 2.69. The van der Waals surface area contributed by atoms with Gasteiger partial charge < -0.3 is 9.84 Å². The number of nitrogens with zero attached hydrogens (tertiary/aromatic N) is 2. The number of hydrogen-bond donors (Lipinski definition) is 2. The lowest BCUT2D eigenvalue weighted by Gasteiger charge is -2.25. The van der Waals surface area contributed by atoms with E-state index in [2.05, 4.69) is 10.4 Å². The van der Waals surface area contributed by atoms with Gasteiger partial charge in [0, 0.05) is 39.1 Å². The average molecular weight is 241 g/mol. The highest BCUT2D eigenvalue weighted by Gasteiger charge is 2.32. The van der Waals surface area contributed by atoms with Gasteiger partial charge in [0.1, 0.15) is 5.54 Å². The molecular weight excluding hydrogens is 222 g/mol. The minimum atomic E-state index is -0.980. The van der Waals surface area contributed by atoms with E-state index in [1.165, 1.54) is 0 Å². The lowest BCUT2D eigenvalue weighted by Crippen LogP contribution is -2.49. The third-order valence-electron chi connectivity index (χ3n) is 2.72. The molecule has 0 spiro atoms. The van der Waals surface area contributed by atoms with Crippen LogP contribution < -0.4 is 5.32 Å². The van der Waals surface area contributed by atoms with E-state index in [9.17, 15) is 9.90 Å². The molecule has 1 unspecified atom stereocenters. The summed E-state index contributed by atoms with van der Waals surface area (Å²) in [4.78, 5) is 11.2. The van der Waals surface area contributed by atoms with Crippen LogP contribution in [-0.4, -0.2) is 40.1 Å². The van der Waals surface area contributed by atoms with Gasteiger partial charge in [-0.1, -0.05) is 0 Å². The first-order valence-electron chi connectivity index (χ1n) is 5.43. The van der Waals surface area contributed by atoms with Crippen molar-refractivity contribution in [2.75, 3.05) is 13.7 Å². The van der Waals surface area contributed by atoms with Crippen LogP contribution in [0.1, 0.15) is 18.9 Å². The van der Waals surface area contributed by atoms with Gasteiger partial charge in [0.05, 0.1) is 6.20 Å². The minimum absolute atomic E-state index is 0.406. The van der Waals surface area contributed by atoms with Gasteiger partial charge in [0.25, 0.3) is 0 Å². The number of carbonyl (C=O) groups is 1. The predicted octanol–water partition coefficient (Wildman–Crippen LogP) is 0.389. The van der Waals surface area contributed by atoms with E-state index in [-0.39, 0.29) is 0 Å². The molecule has 96 valence electrons. The molecule has 1 heterocycles. The summed E-state index contributed by atoms with van der Waals surface area (Å²) in [6.45, 7) is 2.54. The molecule has 0 aromatic carbocycles. The molecule has 0 saturated heterocycles. The number of carboxylic acid groups (broad SMARTS) is 1. The van der Waals surface area contributed by atoms with E-state index in [1.807, 2.05) is 13.2 Å². The highest BCUT2D eigenvalue weighted by molar-refractivity contribution is 5.78. The summed E-state index contributed by atoms with van der Waals surface area (Å²) in [5.41, 5.74) is -0.0244. The molecule has 2 N–H and O–H groups in total. The zero-order valence-electron chi connectivity index (χ0n) is 10.4. The number of aryl methyl sites for hydroxylation is 1. The normalized spacial score (nSPS) is 14.5. The second-order valence-electron chi connectivity index (χ2n) is 4.26. The molecule has 1 aromatic rings. The van der Waals surface area contributed by atoms with Crippen molar-refractivity contribution in [2.45, 2.75) is 25.4 Å². The molecule has 0 aliphatic rings. The number of aromatic nitrogens is 2. The number of carboxylic acids is 1. The fourth-order valence-corrected chi connectivity index (χ4v) is 1.44. The van der Waals surface area contributed by atoms with Crippen LogP contribution in [0.25, 0.3) is 0 Å². The largest absolute Gasteiger partial charge is 0.480 e. The summed E-state index contributed by atoms with van der Waals surface area (Å²) >= 11 is 0. The molecule has 6 heteroatoms. The van der Waals surface area contributed by atoms with E-state index in [4.69, 9.17) is 4.74 Å². The molecule has 17 heavy (non-hydrogen) atoms. The quantitative estimate of drug-likeness (QED) is 0.722. The molecule has 6 nitrogen and oxygen atoms in total. The molecular formula is C11H19N3O3. The molecule has 1 aromatic heterocycles. The Hall–Kier alpha value is -1.40. The second kappa shape index (κ2) is 5.79. The van der Waals surface area contributed by atoms with E-state index < -0.39 is 11.5 Å². The highest BCUT2D eigenvalue weighted by atomic mass is 16.5. The van der Waals surface area contributed by atoms with Gasteiger partial charge in [-0.2, -0.15) is 5.10 Å². The van der Waals surface area contributed by atoms with Crippen LogP contribution in [0.2, 0.25) is 0 Å². The third kappa shape index (κ3) is 3.83. The van der Waals surface area contributed by atoms with E-state index >= 15 is 0 Å². The second-order valence-corrected chi connectivity index (χ2v) is 4.26. The molecule has 0 bridgehead atoms. The van der Waals surface area contributed by atoms with Gasteiger partial charge in [0.2, 0.25) is 0 Å². The monoisotopic (exact) mass is 241 g/mol. The summed E-state index contributed by atoms with van der Waals surface area (Å²) in [6.07, 6.45) is 3.98. The Morgan fingerprint density at radius 3 is 2.88 bits per heavy atom. The Labute approximate surface area is 101 Å². The van der Waals surface area contributed by atoms with Crippen LogP contribution >= 0.6 is 0 Å². The first-order valence-corrected chi connectivity index (χ1v) is 5.43. The van der Waals surface area contributed by atoms with Gasteiger partial charge in [-0.3, -0.25) is 14.8 Å². The summed E-state index contributed by atoms with van der Waals surface area (Å²) in [6, 6.07) is 0. The maximum atomic E-state index is 11.2. The van der Waals surface area contributed by atoms with E-state index in [0.717, 1.165) is 5.56 Å². The lowest BCUT2D eigenvalue weighted by atomic mass is 9.98. The number of hydrogen-bond acceptors (Lipinski definition) is 4. The zero-order chi connectivity index (χ0) is 12.9. The molecule has 0 aliphatic carbocycles. The van der Waals surface area contributed by atoms with Crippen molar-refractivity contribution in [2.24, 2.45) is 7.05 Å². The SMILES string of the molecule is COCCC(C)(NCc1cnn(C)c1)C(=O)O. The Balaban J connectivity index is 2.58. The van der Waals surface area contributed by atoms with Gasteiger partial charge in [-0.05, 0) is 13.3 Å². The van der Waals surface area contributed by atoms with Crippen LogP contribution in [0.3, 0.4) is 0 Å². The zero-order valence-corrected chi connectivity index (χ0v) is 10.4. The summed E-state index contributed by atoms with van der Waals surface area (Å²) in [5.74, 6) is -0.876. The van der Waals surface area contributed by atoms with Gasteiger partial charge >= 0.3 is 5.97 Å². The molecule has 0 saturated carbocycles. The van der Waals surface area contributed by atoms with Crippen molar-refractivity contribution < 1.29 is 14.6 Å². The summed E-state index contributed by atoms with van der Waals surface area (Å²) in [7, 11) is 3.38. The molecule has 0 aliphatic heterocycles. The van der Waals surface area contributed by atoms with Crippen molar-refractivity contribution in [3.63, 3.8) is 0 Å². The van der Waals surface area contributed by atoms with Crippen LogP contribution in [-0.2, 0) is 23.1 Å². The number of ether oxygens (including phenoxy) is 1. The van der Waals surface area contributed by atoms with Crippen molar-refractivity contribution in [1.82, 2.24) is 15.1 Å². The van der Waals surface area contributed by atoms with Gasteiger partial charge in [-0.15, -0.1) is 0 Å². The van der Waals surface area contributed by atoms with Crippen molar-refractivity contribution >= 4 is 5.97 Å². The third-order valence-corrected chi connectivity index (χ3v) is 2.72. The molecule has 0 fully saturated rings.